The van der Waals surface area contributed by atoms with Gasteiger partial charge in [0.15, 0.2) is 0 Å². The molecular weight excluding hydrogens is 298 g/mol. The summed E-state index contributed by atoms with van der Waals surface area (Å²) in [5, 5.41) is 2.75. The van der Waals surface area contributed by atoms with E-state index in [1.807, 2.05) is 23.1 Å². The van der Waals surface area contributed by atoms with Gasteiger partial charge < -0.3 is 4.90 Å². The van der Waals surface area contributed by atoms with E-state index in [1.165, 1.54) is 30.6 Å². The highest BCUT2D eigenvalue weighted by Gasteiger charge is 2.23. The molecule has 1 aromatic rings. The summed E-state index contributed by atoms with van der Waals surface area (Å²) in [6.45, 7) is 1.88. The van der Waals surface area contributed by atoms with E-state index in [4.69, 9.17) is 0 Å². The largest absolute Gasteiger partial charge is 0.342 e. The van der Waals surface area contributed by atoms with Crippen LogP contribution in [0.5, 0.6) is 0 Å². The monoisotopic (exact) mass is 323 g/mol. The van der Waals surface area contributed by atoms with Crippen molar-refractivity contribution in [1.29, 1.82) is 0 Å². The molecule has 1 saturated carbocycles. The summed E-state index contributed by atoms with van der Waals surface area (Å²) in [6, 6.07) is 4.37. The summed E-state index contributed by atoms with van der Waals surface area (Å²) < 4.78 is 0. The minimum atomic E-state index is 0.398. The van der Waals surface area contributed by atoms with Gasteiger partial charge in [-0.25, -0.2) is 0 Å². The van der Waals surface area contributed by atoms with E-state index in [-0.39, 0.29) is 0 Å². The number of amides is 1. The van der Waals surface area contributed by atoms with Crippen molar-refractivity contribution >= 4 is 29.0 Å². The van der Waals surface area contributed by atoms with Gasteiger partial charge in [-0.05, 0) is 30.2 Å². The Morgan fingerprint density at radius 2 is 2.10 bits per heavy atom. The Morgan fingerprint density at radius 1 is 1.24 bits per heavy atom. The van der Waals surface area contributed by atoms with Crippen LogP contribution in [-0.4, -0.2) is 29.6 Å². The highest BCUT2D eigenvalue weighted by molar-refractivity contribution is 7.99. The molecule has 1 aliphatic heterocycles. The molecule has 2 fully saturated rings. The molecule has 1 aliphatic carbocycles. The van der Waals surface area contributed by atoms with Crippen LogP contribution in [0.15, 0.2) is 17.5 Å². The second kappa shape index (κ2) is 7.68. The van der Waals surface area contributed by atoms with Gasteiger partial charge in [0.1, 0.15) is 0 Å². The van der Waals surface area contributed by atoms with Gasteiger partial charge >= 0.3 is 0 Å². The van der Waals surface area contributed by atoms with Gasteiger partial charge in [0.25, 0.3) is 0 Å². The first-order valence-electron chi connectivity index (χ1n) is 8.25. The highest BCUT2D eigenvalue weighted by atomic mass is 32.2. The normalized spacial score (nSPS) is 24.2. The fraction of sp³-hybridized carbons (Fsp3) is 0.706. The van der Waals surface area contributed by atoms with E-state index < -0.39 is 0 Å². The lowest BCUT2D eigenvalue weighted by atomic mass is 10.0. The highest BCUT2D eigenvalue weighted by Crippen LogP contribution is 2.37. The molecule has 2 aliphatic rings. The summed E-state index contributed by atoms with van der Waals surface area (Å²) in [6.07, 6.45) is 8.47. The Morgan fingerprint density at radius 3 is 2.86 bits per heavy atom. The molecule has 1 atom stereocenters. The van der Waals surface area contributed by atoms with Gasteiger partial charge in [-0.1, -0.05) is 31.7 Å². The summed E-state index contributed by atoms with van der Waals surface area (Å²) in [5.74, 6) is 2.31. The van der Waals surface area contributed by atoms with Crippen molar-refractivity contribution in [3.63, 3.8) is 0 Å². The number of hydrogen-bond acceptors (Lipinski definition) is 3. The van der Waals surface area contributed by atoms with E-state index in [2.05, 4.69) is 22.4 Å². The van der Waals surface area contributed by atoms with Crippen molar-refractivity contribution in [1.82, 2.24) is 4.90 Å². The molecule has 116 valence electrons. The lowest BCUT2D eigenvalue weighted by Gasteiger charge is -2.21. The molecule has 1 unspecified atom stereocenters. The Labute approximate surface area is 136 Å². The topological polar surface area (TPSA) is 20.3 Å². The van der Waals surface area contributed by atoms with Crippen LogP contribution >= 0.6 is 23.1 Å². The molecule has 0 N–H and O–H groups in total. The Kier molecular flexibility index (Phi) is 5.64. The van der Waals surface area contributed by atoms with Gasteiger partial charge in [-0.3, -0.25) is 4.79 Å². The SMILES string of the molecule is O=C(CCC1CCCC1)N1CCSC(c2cccs2)CC1. The van der Waals surface area contributed by atoms with Crippen LogP contribution < -0.4 is 0 Å². The second-order valence-electron chi connectivity index (χ2n) is 6.23. The molecule has 4 heteroatoms. The minimum absolute atomic E-state index is 0.398. The van der Waals surface area contributed by atoms with Crippen LogP contribution in [-0.2, 0) is 4.79 Å². The summed E-state index contributed by atoms with van der Waals surface area (Å²) in [5.41, 5.74) is 0. The van der Waals surface area contributed by atoms with Crippen LogP contribution in [0.4, 0.5) is 0 Å². The first-order valence-corrected chi connectivity index (χ1v) is 10.2. The minimum Gasteiger partial charge on any atom is -0.342 e. The average molecular weight is 324 g/mol. The third-order valence-electron chi connectivity index (χ3n) is 4.80. The molecule has 0 spiro atoms. The van der Waals surface area contributed by atoms with Crippen LogP contribution in [0, 0.1) is 5.92 Å². The first kappa shape index (κ1) is 15.4. The number of carbonyl (C=O) groups excluding carboxylic acids is 1. The fourth-order valence-electron chi connectivity index (χ4n) is 3.51. The number of nitrogens with zero attached hydrogens (tertiary/aromatic N) is 1. The summed E-state index contributed by atoms with van der Waals surface area (Å²) in [4.78, 5) is 16.0. The summed E-state index contributed by atoms with van der Waals surface area (Å²) in [7, 11) is 0. The van der Waals surface area contributed by atoms with Crippen molar-refractivity contribution < 1.29 is 4.79 Å². The third-order valence-corrected chi connectivity index (χ3v) is 7.24. The van der Waals surface area contributed by atoms with Crippen molar-refractivity contribution in [3.05, 3.63) is 22.4 Å². The molecule has 21 heavy (non-hydrogen) atoms. The maximum atomic E-state index is 12.4. The van der Waals surface area contributed by atoms with E-state index >= 15 is 0 Å². The Hall–Kier alpha value is -0.480. The van der Waals surface area contributed by atoms with Gasteiger partial charge in [0.05, 0.1) is 0 Å². The van der Waals surface area contributed by atoms with Crippen LogP contribution in [0.3, 0.4) is 0 Å². The molecule has 1 amide bonds. The third kappa shape index (κ3) is 4.26. The number of rotatable bonds is 4. The number of hydrogen-bond donors (Lipinski definition) is 0. The van der Waals surface area contributed by atoms with Gasteiger partial charge in [0, 0.05) is 35.4 Å². The molecule has 2 nitrogen and oxygen atoms in total. The quantitative estimate of drug-likeness (QED) is 0.798. The van der Waals surface area contributed by atoms with E-state index in [0.717, 1.165) is 44.0 Å². The lowest BCUT2D eigenvalue weighted by Crippen LogP contribution is -2.33. The predicted molar refractivity (Wildman–Crippen MR) is 91.9 cm³/mol. The van der Waals surface area contributed by atoms with Crippen molar-refractivity contribution in [2.75, 3.05) is 18.8 Å². The smallest absolute Gasteiger partial charge is 0.222 e. The van der Waals surface area contributed by atoms with Crippen molar-refractivity contribution in [2.45, 2.75) is 50.2 Å². The fourth-order valence-corrected chi connectivity index (χ4v) is 5.74. The maximum Gasteiger partial charge on any atom is 0.222 e. The molecule has 0 radical (unpaired) electrons. The maximum absolute atomic E-state index is 12.4. The molecule has 2 heterocycles. The lowest BCUT2D eigenvalue weighted by molar-refractivity contribution is -0.131. The molecule has 0 aromatic carbocycles. The van der Waals surface area contributed by atoms with E-state index in [0.29, 0.717) is 11.2 Å². The average Bonchev–Trinajstić information content (AvgIpc) is 3.15. The number of carbonyl (C=O) groups is 1. The molecule has 3 rings (SSSR count). The van der Waals surface area contributed by atoms with Crippen molar-refractivity contribution in [2.24, 2.45) is 5.92 Å². The number of thiophene rings is 1. The zero-order valence-corrected chi connectivity index (χ0v) is 14.3. The number of thioether (sulfide) groups is 1. The van der Waals surface area contributed by atoms with Crippen LogP contribution in [0.25, 0.3) is 0 Å². The van der Waals surface area contributed by atoms with Gasteiger partial charge in [-0.15, -0.1) is 11.3 Å². The summed E-state index contributed by atoms with van der Waals surface area (Å²) >= 11 is 3.87. The zero-order chi connectivity index (χ0) is 14.5. The molecule has 0 bridgehead atoms. The molecular formula is C17H25NOS2. The standard InChI is InChI=1S/C17H25NOS2/c19-17(8-7-14-4-1-2-5-14)18-10-9-16(21-13-11-18)15-6-3-12-20-15/h3,6,12,14,16H,1-2,4-5,7-11,13H2. The van der Waals surface area contributed by atoms with E-state index in [9.17, 15) is 4.79 Å². The van der Waals surface area contributed by atoms with Crippen LogP contribution in [0.2, 0.25) is 0 Å². The van der Waals surface area contributed by atoms with Crippen LogP contribution in [0.1, 0.15) is 55.1 Å². The van der Waals surface area contributed by atoms with E-state index in [1.54, 1.807) is 0 Å². The Balaban J connectivity index is 1.46. The Bertz CT molecular complexity index is 440. The first-order chi connectivity index (χ1) is 10.3. The van der Waals surface area contributed by atoms with Gasteiger partial charge in [0.2, 0.25) is 5.91 Å². The predicted octanol–water partition coefficient (Wildman–Crippen LogP) is 4.73. The van der Waals surface area contributed by atoms with Crippen molar-refractivity contribution in [3.8, 4) is 0 Å². The second-order valence-corrected chi connectivity index (χ2v) is 8.52. The zero-order valence-electron chi connectivity index (χ0n) is 12.6. The molecule has 1 saturated heterocycles. The van der Waals surface area contributed by atoms with Gasteiger partial charge in [-0.2, -0.15) is 11.8 Å². The molecule has 1 aromatic heterocycles.